The fourth-order valence-electron chi connectivity index (χ4n) is 1.66. The molecule has 0 saturated heterocycles. The van der Waals surface area contributed by atoms with Crippen molar-refractivity contribution >= 4 is 5.69 Å². The van der Waals surface area contributed by atoms with Crippen molar-refractivity contribution in [3.05, 3.63) is 41.8 Å². The molecule has 1 heterocycles. The van der Waals surface area contributed by atoms with Gasteiger partial charge in [0.05, 0.1) is 13.3 Å². The Kier molecular flexibility index (Phi) is 2.95. The quantitative estimate of drug-likeness (QED) is 0.810. The van der Waals surface area contributed by atoms with Crippen LogP contribution in [0, 0.1) is 12.7 Å². The molecule has 0 aliphatic rings. The molecule has 3 nitrogen and oxygen atoms in total. The highest BCUT2D eigenvalue weighted by Crippen LogP contribution is 2.30. The summed E-state index contributed by atoms with van der Waals surface area (Å²) in [7, 11) is 1.49. The molecule has 2 aromatic rings. The van der Waals surface area contributed by atoms with Crippen molar-refractivity contribution in [3.63, 3.8) is 0 Å². The Morgan fingerprint density at radius 2 is 2.00 bits per heavy atom. The minimum atomic E-state index is -0.415. The molecule has 0 amide bonds. The van der Waals surface area contributed by atoms with Gasteiger partial charge in [0.1, 0.15) is 5.82 Å². The molecule has 0 spiro atoms. The van der Waals surface area contributed by atoms with Crippen molar-refractivity contribution in [2.45, 2.75) is 6.92 Å². The summed E-state index contributed by atoms with van der Waals surface area (Å²) < 4.78 is 18.7. The third-order valence-corrected chi connectivity index (χ3v) is 2.54. The van der Waals surface area contributed by atoms with E-state index in [-0.39, 0.29) is 0 Å². The number of aryl methyl sites for hydroxylation is 1. The van der Waals surface area contributed by atoms with Crippen molar-refractivity contribution < 1.29 is 9.13 Å². The maximum absolute atomic E-state index is 13.7. The number of hydrogen-bond acceptors (Lipinski definition) is 3. The first-order valence-corrected chi connectivity index (χ1v) is 5.18. The zero-order valence-electron chi connectivity index (χ0n) is 9.70. The van der Waals surface area contributed by atoms with Crippen LogP contribution in [0.3, 0.4) is 0 Å². The van der Waals surface area contributed by atoms with Gasteiger partial charge in [-0.3, -0.25) is 0 Å². The van der Waals surface area contributed by atoms with E-state index in [0.717, 1.165) is 11.8 Å². The molecular weight excluding hydrogens is 219 g/mol. The molecule has 0 atom stereocenters. The predicted octanol–water partition coefficient (Wildman–Crippen LogP) is 2.79. The number of nitrogens with zero attached hydrogens (tertiary/aromatic N) is 1. The third-order valence-electron chi connectivity index (χ3n) is 2.54. The molecule has 88 valence electrons. The van der Waals surface area contributed by atoms with Gasteiger partial charge in [-0.25, -0.2) is 9.37 Å². The molecule has 0 saturated carbocycles. The average molecular weight is 232 g/mol. The van der Waals surface area contributed by atoms with E-state index in [1.54, 1.807) is 6.07 Å². The monoisotopic (exact) mass is 232 g/mol. The number of rotatable bonds is 2. The van der Waals surface area contributed by atoms with Crippen LogP contribution in [0.2, 0.25) is 0 Å². The molecule has 0 aliphatic carbocycles. The van der Waals surface area contributed by atoms with Gasteiger partial charge in [0.15, 0.2) is 0 Å². The van der Waals surface area contributed by atoms with Crippen LogP contribution >= 0.6 is 0 Å². The first kappa shape index (κ1) is 11.4. The second-order valence-corrected chi connectivity index (χ2v) is 3.80. The highest BCUT2D eigenvalue weighted by atomic mass is 19.1. The SMILES string of the molecule is COc1cc(-c2ccc(C)cc2N)c(F)cn1. The average Bonchev–Trinajstić information content (AvgIpc) is 2.30. The number of anilines is 1. The summed E-state index contributed by atoms with van der Waals surface area (Å²) >= 11 is 0. The molecular formula is C13H13FN2O. The van der Waals surface area contributed by atoms with Crippen LogP contribution in [0.1, 0.15) is 5.56 Å². The standard InChI is InChI=1S/C13H13FN2O/c1-8-3-4-9(12(15)5-8)10-6-13(17-2)16-7-11(10)14/h3-7H,15H2,1-2H3. The molecule has 17 heavy (non-hydrogen) atoms. The Balaban J connectivity index is 2.59. The smallest absolute Gasteiger partial charge is 0.213 e. The molecule has 0 radical (unpaired) electrons. The van der Waals surface area contributed by atoms with Gasteiger partial charge in [-0.05, 0) is 18.6 Å². The number of aromatic nitrogens is 1. The Labute approximate surface area is 99.1 Å². The second-order valence-electron chi connectivity index (χ2n) is 3.80. The van der Waals surface area contributed by atoms with E-state index in [1.807, 2.05) is 19.1 Å². The van der Waals surface area contributed by atoms with Crippen molar-refractivity contribution in [2.24, 2.45) is 0 Å². The molecule has 2 N–H and O–H groups in total. The highest BCUT2D eigenvalue weighted by Gasteiger charge is 2.10. The zero-order valence-corrected chi connectivity index (χ0v) is 9.70. The van der Waals surface area contributed by atoms with Gasteiger partial charge < -0.3 is 10.5 Å². The lowest BCUT2D eigenvalue weighted by Gasteiger charge is -2.09. The Hall–Kier alpha value is -2.10. The normalized spacial score (nSPS) is 10.3. The molecule has 4 heteroatoms. The molecule has 2 rings (SSSR count). The van der Waals surface area contributed by atoms with Crippen molar-refractivity contribution in [1.29, 1.82) is 0 Å². The first-order chi connectivity index (χ1) is 8.11. The summed E-state index contributed by atoms with van der Waals surface area (Å²) in [6.07, 6.45) is 1.13. The summed E-state index contributed by atoms with van der Waals surface area (Å²) in [5, 5.41) is 0. The fraction of sp³-hybridized carbons (Fsp3) is 0.154. The fourth-order valence-corrected chi connectivity index (χ4v) is 1.66. The predicted molar refractivity (Wildman–Crippen MR) is 65.3 cm³/mol. The molecule has 0 fully saturated rings. The van der Waals surface area contributed by atoms with E-state index in [9.17, 15) is 4.39 Å². The number of ether oxygens (including phenoxy) is 1. The van der Waals surface area contributed by atoms with Crippen molar-refractivity contribution in [1.82, 2.24) is 4.98 Å². The van der Waals surface area contributed by atoms with E-state index >= 15 is 0 Å². The van der Waals surface area contributed by atoms with Crippen LogP contribution in [0.25, 0.3) is 11.1 Å². The summed E-state index contributed by atoms with van der Waals surface area (Å²) in [4.78, 5) is 3.79. The van der Waals surface area contributed by atoms with Gasteiger partial charge in [0, 0.05) is 22.9 Å². The Morgan fingerprint density at radius 1 is 1.24 bits per heavy atom. The highest BCUT2D eigenvalue weighted by molar-refractivity contribution is 5.77. The maximum atomic E-state index is 13.7. The van der Waals surface area contributed by atoms with Crippen LogP contribution in [0.5, 0.6) is 5.88 Å². The molecule has 0 bridgehead atoms. The van der Waals surface area contributed by atoms with E-state index in [2.05, 4.69) is 4.98 Å². The number of nitrogen functional groups attached to an aromatic ring is 1. The van der Waals surface area contributed by atoms with Crippen molar-refractivity contribution in [2.75, 3.05) is 12.8 Å². The molecule has 1 aromatic carbocycles. The summed E-state index contributed by atoms with van der Waals surface area (Å²) in [6, 6.07) is 7.03. The van der Waals surface area contributed by atoms with Gasteiger partial charge in [0.25, 0.3) is 0 Å². The summed E-state index contributed by atoms with van der Waals surface area (Å²) in [5.41, 5.74) is 8.50. The number of benzene rings is 1. The summed E-state index contributed by atoms with van der Waals surface area (Å²) in [5.74, 6) is -0.0530. The Morgan fingerprint density at radius 3 is 2.65 bits per heavy atom. The van der Waals surface area contributed by atoms with Crippen LogP contribution in [-0.2, 0) is 0 Å². The third kappa shape index (κ3) is 2.20. The van der Waals surface area contributed by atoms with Gasteiger partial charge in [-0.2, -0.15) is 0 Å². The van der Waals surface area contributed by atoms with Crippen LogP contribution in [0.15, 0.2) is 30.5 Å². The Bertz CT molecular complexity index is 555. The molecule has 1 aromatic heterocycles. The van der Waals surface area contributed by atoms with Gasteiger partial charge in [-0.1, -0.05) is 12.1 Å². The molecule has 0 aliphatic heterocycles. The van der Waals surface area contributed by atoms with E-state index in [4.69, 9.17) is 10.5 Å². The van der Waals surface area contributed by atoms with Gasteiger partial charge in [-0.15, -0.1) is 0 Å². The van der Waals surface area contributed by atoms with Crippen LogP contribution in [0.4, 0.5) is 10.1 Å². The van der Waals surface area contributed by atoms with Gasteiger partial charge in [0.2, 0.25) is 5.88 Å². The first-order valence-electron chi connectivity index (χ1n) is 5.18. The van der Waals surface area contributed by atoms with Crippen LogP contribution < -0.4 is 10.5 Å². The van der Waals surface area contributed by atoms with E-state index < -0.39 is 5.82 Å². The van der Waals surface area contributed by atoms with Crippen LogP contribution in [-0.4, -0.2) is 12.1 Å². The number of nitrogens with two attached hydrogens (primary N) is 1. The lowest BCUT2D eigenvalue weighted by Crippen LogP contribution is -1.95. The number of methoxy groups -OCH3 is 1. The largest absolute Gasteiger partial charge is 0.481 e. The topological polar surface area (TPSA) is 48.1 Å². The van der Waals surface area contributed by atoms with E-state index in [1.165, 1.54) is 13.2 Å². The second kappa shape index (κ2) is 4.41. The minimum absolute atomic E-state index is 0.362. The number of hydrogen-bond donors (Lipinski definition) is 1. The lowest BCUT2D eigenvalue weighted by atomic mass is 10.0. The maximum Gasteiger partial charge on any atom is 0.213 e. The molecule has 0 unspecified atom stereocenters. The number of pyridine rings is 1. The minimum Gasteiger partial charge on any atom is -0.481 e. The summed E-state index contributed by atoms with van der Waals surface area (Å²) in [6.45, 7) is 1.93. The lowest BCUT2D eigenvalue weighted by molar-refractivity contribution is 0.396. The number of halogens is 1. The van der Waals surface area contributed by atoms with E-state index in [0.29, 0.717) is 22.7 Å². The van der Waals surface area contributed by atoms with Gasteiger partial charge >= 0.3 is 0 Å². The zero-order chi connectivity index (χ0) is 12.4. The van der Waals surface area contributed by atoms with Crippen molar-refractivity contribution in [3.8, 4) is 17.0 Å².